The summed E-state index contributed by atoms with van der Waals surface area (Å²) in [6, 6.07) is 25.2. The normalized spacial score (nSPS) is 13.8. The summed E-state index contributed by atoms with van der Waals surface area (Å²) in [5.41, 5.74) is 0.0178. The van der Waals surface area contributed by atoms with E-state index < -0.39 is 45.3 Å². The maximum Gasteiger partial charge on any atom is 0.335 e. The third-order valence-electron chi connectivity index (χ3n) is 8.11. The van der Waals surface area contributed by atoms with Gasteiger partial charge in [-0.3, -0.25) is 9.36 Å². The van der Waals surface area contributed by atoms with E-state index in [-0.39, 0.29) is 53.2 Å². The van der Waals surface area contributed by atoms with E-state index in [4.69, 9.17) is 9.47 Å². The highest BCUT2D eigenvalue weighted by Crippen LogP contribution is 2.39. The van der Waals surface area contributed by atoms with Crippen molar-refractivity contribution in [2.24, 2.45) is 4.99 Å². The maximum absolute atomic E-state index is 14.7. The van der Waals surface area contributed by atoms with Gasteiger partial charge in [0.2, 0.25) is 0 Å². The molecule has 1 unspecified atom stereocenters. The Labute approximate surface area is 292 Å². The van der Waals surface area contributed by atoms with Crippen molar-refractivity contribution in [3.8, 4) is 17.5 Å². The smallest absolute Gasteiger partial charge is 0.335 e. The van der Waals surface area contributed by atoms with Crippen LogP contribution in [-0.2, 0) is 27.9 Å². The molecule has 1 aliphatic heterocycles. The summed E-state index contributed by atoms with van der Waals surface area (Å²) in [6.07, 6.45) is 0. The third-order valence-corrected chi connectivity index (χ3v) is 9.91. The number of aromatic hydroxyl groups is 1. The SMILES string of the molecule is CCOc1c(O)n(C(C(=O)Nc2cc(C(=O)O)ccc2OC)C2=Nc3ccccc3S(=O)(=O)N2Cc2ccccc2)c(=O)n1Cc1ccccc1. The number of hydrogen-bond donors (Lipinski definition) is 3. The second-order valence-corrected chi connectivity index (χ2v) is 13.2. The zero-order valence-electron chi connectivity index (χ0n) is 27.5. The van der Waals surface area contributed by atoms with Gasteiger partial charge in [0, 0.05) is 0 Å². The van der Waals surface area contributed by atoms with Crippen LogP contribution >= 0.6 is 0 Å². The van der Waals surface area contributed by atoms with Crippen molar-refractivity contribution in [2.45, 2.75) is 31.0 Å². The first kappa shape index (κ1) is 34.5. The molecule has 0 saturated heterocycles. The second-order valence-electron chi connectivity index (χ2n) is 11.3. The lowest BCUT2D eigenvalue weighted by Crippen LogP contribution is -2.48. The molecule has 0 bridgehead atoms. The molecule has 0 saturated carbocycles. The standard InChI is InChI=1S/C36H33N5O9S/c1-3-50-34-33(43)41(36(46)39(34)21-23-12-6-4-7-13-23)30(32(42)38-27-20-25(35(44)45)18-19-28(27)49-2)31-37-26-16-10-11-17-29(26)51(47,48)40(31)22-24-14-8-5-9-15-24/h4-20,30,43H,3,21-22H2,1-2H3,(H,38,42)(H,44,45). The van der Waals surface area contributed by atoms with Crippen LogP contribution in [0.5, 0.6) is 17.5 Å². The number of methoxy groups -OCH3 is 1. The number of aromatic nitrogens is 2. The Morgan fingerprint density at radius 2 is 1.53 bits per heavy atom. The average molecular weight is 712 g/mol. The molecule has 14 nitrogen and oxygen atoms in total. The van der Waals surface area contributed by atoms with Crippen molar-refractivity contribution in [1.29, 1.82) is 0 Å². The van der Waals surface area contributed by atoms with Gasteiger partial charge in [-0.2, -0.15) is 0 Å². The molecule has 0 fully saturated rings. The number of carboxylic acids is 1. The van der Waals surface area contributed by atoms with Gasteiger partial charge in [-0.25, -0.2) is 31.9 Å². The molecule has 0 radical (unpaired) electrons. The predicted octanol–water partition coefficient (Wildman–Crippen LogP) is 4.62. The highest BCUT2D eigenvalue weighted by atomic mass is 32.2. The van der Waals surface area contributed by atoms with E-state index in [9.17, 15) is 33.0 Å². The van der Waals surface area contributed by atoms with E-state index in [0.717, 1.165) is 19.5 Å². The number of aliphatic imine (C=N–C) groups is 1. The zero-order chi connectivity index (χ0) is 36.3. The molecule has 15 heteroatoms. The molecule has 0 spiro atoms. The van der Waals surface area contributed by atoms with Gasteiger partial charge in [0.25, 0.3) is 27.7 Å². The summed E-state index contributed by atoms with van der Waals surface area (Å²) in [7, 11) is -3.11. The Kier molecular flexibility index (Phi) is 9.64. The van der Waals surface area contributed by atoms with Crippen molar-refractivity contribution in [3.63, 3.8) is 0 Å². The van der Waals surface area contributed by atoms with Gasteiger partial charge in [0.05, 0.1) is 43.7 Å². The highest BCUT2D eigenvalue weighted by Gasteiger charge is 2.44. The van der Waals surface area contributed by atoms with E-state index in [1.807, 2.05) is 0 Å². The number of amidine groups is 1. The molecule has 262 valence electrons. The molecule has 6 rings (SSSR count). The first-order chi connectivity index (χ1) is 24.5. The third kappa shape index (κ3) is 6.66. The first-order valence-electron chi connectivity index (χ1n) is 15.7. The Morgan fingerprint density at radius 1 is 0.902 bits per heavy atom. The molecule has 1 aliphatic rings. The summed E-state index contributed by atoms with van der Waals surface area (Å²) in [4.78, 5) is 45.5. The summed E-state index contributed by atoms with van der Waals surface area (Å²) >= 11 is 0. The molecule has 1 aromatic heterocycles. The number of para-hydroxylation sites is 1. The minimum atomic E-state index is -4.42. The summed E-state index contributed by atoms with van der Waals surface area (Å²) in [5, 5.41) is 24.0. The number of benzene rings is 4. The van der Waals surface area contributed by atoms with Gasteiger partial charge in [0.15, 0.2) is 11.9 Å². The van der Waals surface area contributed by atoms with Crippen LogP contribution < -0.4 is 20.5 Å². The van der Waals surface area contributed by atoms with Gasteiger partial charge in [-0.05, 0) is 48.4 Å². The first-order valence-corrected chi connectivity index (χ1v) is 17.2. The Hall–Kier alpha value is -6.35. The number of aromatic carboxylic acids is 1. The molecule has 5 aromatic rings. The lowest BCUT2D eigenvalue weighted by molar-refractivity contribution is -0.117. The monoisotopic (exact) mass is 711 g/mol. The number of anilines is 1. The number of ether oxygens (including phenoxy) is 2. The van der Waals surface area contributed by atoms with Gasteiger partial charge < -0.3 is 25.0 Å². The van der Waals surface area contributed by atoms with Gasteiger partial charge in [0.1, 0.15) is 10.6 Å². The summed E-state index contributed by atoms with van der Waals surface area (Å²) in [6.45, 7) is 1.32. The van der Waals surface area contributed by atoms with Crippen molar-refractivity contribution < 1.29 is 37.7 Å². The summed E-state index contributed by atoms with van der Waals surface area (Å²) < 4.78 is 42.7. The van der Waals surface area contributed by atoms with Crippen LogP contribution in [-0.4, -0.2) is 63.5 Å². The molecule has 2 heterocycles. The van der Waals surface area contributed by atoms with E-state index in [1.54, 1.807) is 73.7 Å². The fourth-order valence-electron chi connectivity index (χ4n) is 5.74. The van der Waals surface area contributed by atoms with E-state index in [1.165, 1.54) is 37.4 Å². The number of carbonyl (C=O) groups excluding carboxylic acids is 1. The second kappa shape index (κ2) is 14.2. The van der Waals surface area contributed by atoms with Crippen LogP contribution in [0, 0.1) is 0 Å². The number of amides is 1. The lowest BCUT2D eigenvalue weighted by Gasteiger charge is -2.33. The van der Waals surface area contributed by atoms with E-state index in [2.05, 4.69) is 10.3 Å². The van der Waals surface area contributed by atoms with Crippen LogP contribution in [0.3, 0.4) is 0 Å². The minimum absolute atomic E-state index is 0.00126. The fourth-order valence-corrected chi connectivity index (χ4v) is 7.31. The number of nitrogens with zero attached hydrogens (tertiary/aromatic N) is 4. The molecule has 0 aliphatic carbocycles. The number of carbonyl (C=O) groups is 2. The minimum Gasteiger partial charge on any atom is -0.495 e. The van der Waals surface area contributed by atoms with Crippen LogP contribution in [0.25, 0.3) is 0 Å². The van der Waals surface area contributed by atoms with Gasteiger partial charge in [-0.15, -0.1) is 0 Å². The maximum atomic E-state index is 14.7. The topological polar surface area (TPSA) is 182 Å². The summed E-state index contributed by atoms with van der Waals surface area (Å²) in [5.74, 6) is -3.69. The van der Waals surface area contributed by atoms with Crippen LogP contribution in [0.2, 0.25) is 0 Å². The number of hydrogen-bond acceptors (Lipinski definition) is 9. The molecule has 4 aromatic carbocycles. The number of rotatable bonds is 12. The van der Waals surface area contributed by atoms with E-state index in [0.29, 0.717) is 11.1 Å². The largest absolute Gasteiger partial charge is 0.495 e. The van der Waals surface area contributed by atoms with Gasteiger partial charge in [-0.1, -0.05) is 72.8 Å². The Bertz CT molecular complexity index is 2300. The molecule has 3 N–H and O–H groups in total. The predicted molar refractivity (Wildman–Crippen MR) is 187 cm³/mol. The molecular weight excluding hydrogens is 678 g/mol. The highest BCUT2D eigenvalue weighted by molar-refractivity contribution is 7.90. The fraction of sp³-hybridized carbons (Fsp3) is 0.167. The molecule has 1 amide bonds. The van der Waals surface area contributed by atoms with Crippen LogP contribution in [0.1, 0.15) is 34.5 Å². The van der Waals surface area contributed by atoms with Gasteiger partial charge >= 0.3 is 11.7 Å². The van der Waals surface area contributed by atoms with Crippen molar-refractivity contribution in [2.75, 3.05) is 19.0 Å². The van der Waals surface area contributed by atoms with Crippen molar-refractivity contribution in [3.05, 3.63) is 130 Å². The van der Waals surface area contributed by atoms with Crippen molar-refractivity contribution in [1.82, 2.24) is 13.4 Å². The molecular formula is C36H33N5O9S. The molecule has 1 atom stereocenters. The number of nitrogens with one attached hydrogen (secondary N) is 1. The lowest BCUT2D eigenvalue weighted by atomic mass is 10.1. The van der Waals surface area contributed by atoms with Crippen LogP contribution in [0.4, 0.5) is 11.4 Å². The van der Waals surface area contributed by atoms with Crippen LogP contribution in [0.15, 0.2) is 118 Å². The zero-order valence-corrected chi connectivity index (χ0v) is 28.3. The average Bonchev–Trinajstić information content (AvgIpc) is 3.34. The quantitative estimate of drug-likeness (QED) is 0.166. The number of imidazole rings is 1. The van der Waals surface area contributed by atoms with Crippen molar-refractivity contribution >= 4 is 39.1 Å². The number of fused-ring (bicyclic) bond motifs is 1. The van der Waals surface area contributed by atoms with E-state index >= 15 is 0 Å². The molecule has 51 heavy (non-hydrogen) atoms. The Morgan fingerprint density at radius 3 is 2.16 bits per heavy atom. The number of carboxylic acid groups (broad SMARTS) is 1. The number of sulfonamides is 1. The Balaban J connectivity index is 1.61.